The summed E-state index contributed by atoms with van der Waals surface area (Å²) in [6.07, 6.45) is 9.04. The molecule has 2 N–H and O–H groups in total. The summed E-state index contributed by atoms with van der Waals surface area (Å²) in [4.78, 5) is 0. The molecule has 0 radical (unpaired) electrons. The molecule has 2 nitrogen and oxygen atoms in total. The predicted molar refractivity (Wildman–Crippen MR) is 50.6 cm³/mol. The van der Waals surface area contributed by atoms with E-state index in [1.165, 1.54) is 6.42 Å². The summed E-state index contributed by atoms with van der Waals surface area (Å²) >= 11 is 0. The highest BCUT2D eigenvalue weighted by atomic mass is 16.3. The van der Waals surface area contributed by atoms with Crippen LogP contribution in [0.3, 0.4) is 0 Å². The van der Waals surface area contributed by atoms with Crippen LogP contribution in [0.2, 0.25) is 0 Å². The normalized spacial score (nSPS) is 33.1. The van der Waals surface area contributed by atoms with Crippen LogP contribution in [0, 0.1) is 11.3 Å². The van der Waals surface area contributed by atoms with Crippen molar-refractivity contribution in [1.29, 1.82) is 5.41 Å². The van der Waals surface area contributed by atoms with E-state index in [-0.39, 0.29) is 6.10 Å². The van der Waals surface area contributed by atoms with Crippen LogP contribution < -0.4 is 0 Å². The molecule has 0 spiro atoms. The Morgan fingerprint density at radius 3 is 2.33 bits per heavy atom. The zero-order valence-electron chi connectivity index (χ0n) is 7.63. The minimum absolute atomic E-state index is 0.0746. The molecule has 0 saturated heterocycles. The summed E-state index contributed by atoms with van der Waals surface area (Å²) in [6.45, 7) is 0. The Morgan fingerprint density at radius 1 is 1.00 bits per heavy atom. The van der Waals surface area contributed by atoms with Gasteiger partial charge in [0, 0.05) is 0 Å². The van der Waals surface area contributed by atoms with Crippen molar-refractivity contribution in [3.05, 3.63) is 0 Å². The van der Waals surface area contributed by atoms with Crippen molar-refractivity contribution in [3.63, 3.8) is 0 Å². The van der Waals surface area contributed by atoms with Crippen molar-refractivity contribution in [2.45, 2.75) is 51.0 Å². The lowest BCUT2D eigenvalue weighted by atomic mass is 9.98. The van der Waals surface area contributed by atoms with E-state index in [4.69, 9.17) is 5.41 Å². The van der Waals surface area contributed by atoms with E-state index < -0.39 is 0 Å². The van der Waals surface area contributed by atoms with Gasteiger partial charge in [-0.15, -0.1) is 0 Å². The Morgan fingerprint density at radius 2 is 1.58 bits per heavy atom. The highest BCUT2D eigenvalue weighted by molar-refractivity contribution is 5.56. The van der Waals surface area contributed by atoms with Gasteiger partial charge in [-0.25, -0.2) is 0 Å². The maximum atomic E-state index is 9.44. The first kappa shape index (κ1) is 9.72. The second-order valence-corrected chi connectivity index (χ2v) is 3.80. The van der Waals surface area contributed by atoms with Gasteiger partial charge in [-0.05, 0) is 37.8 Å². The number of aliphatic hydroxyl groups is 1. The molecule has 0 heterocycles. The number of rotatable bonds is 1. The number of hydrogen-bond donors (Lipinski definition) is 2. The first-order chi connectivity index (χ1) is 5.83. The standard InChI is InChI=1S/C10H19NO/c11-8-9-4-1-2-6-10(12)7-3-5-9/h8-12H,1-7H2. The number of nitrogens with one attached hydrogen (secondary N) is 1. The average Bonchev–Trinajstić information content (AvgIpc) is 2.17. The van der Waals surface area contributed by atoms with Crippen LogP contribution in [0.1, 0.15) is 44.9 Å². The first-order valence-electron chi connectivity index (χ1n) is 5.01. The molecule has 1 rings (SSSR count). The Balaban J connectivity index is 2.31. The third kappa shape index (κ3) is 3.35. The van der Waals surface area contributed by atoms with Crippen LogP contribution in [0.5, 0.6) is 0 Å². The van der Waals surface area contributed by atoms with E-state index in [0.717, 1.165) is 38.5 Å². The first-order valence-corrected chi connectivity index (χ1v) is 5.01. The molecular formula is C10H19NO. The zero-order chi connectivity index (χ0) is 8.81. The summed E-state index contributed by atoms with van der Waals surface area (Å²) < 4.78 is 0. The van der Waals surface area contributed by atoms with Crippen LogP contribution in [-0.2, 0) is 0 Å². The Bertz CT molecular complexity index is 136. The van der Waals surface area contributed by atoms with Gasteiger partial charge in [-0.1, -0.05) is 19.3 Å². The lowest BCUT2D eigenvalue weighted by Gasteiger charge is -2.08. The third-order valence-corrected chi connectivity index (χ3v) is 2.71. The van der Waals surface area contributed by atoms with Gasteiger partial charge in [0.15, 0.2) is 0 Å². The van der Waals surface area contributed by atoms with Crippen molar-refractivity contribution in [2.24, 2.45) is 5.92 Å². The molecular weight excluding hydrogens is 150 g/mol. The molecule has 2 unspecified atom stereocenters. The molecule has 0 amide bonds. The number of aliphatic hydroxyl groups excluding tert-OH is 1. The number of hydrogen-bond acceptors (Lipinski definition) is 2. The highest BCUT2D eigenvalue weighted by Crippen LogP contribution is 2.20. The van der Waals surface area contributed by atoms with Gasteiger partial charge in [0.25, 0.3) is 0 Å². The maximum absolute atomic E-state index is 9.44. The maximum Gasteiger partial charge on any atom is 0.0540 e. The molecule has 1 fully saturated rings. The Kier molecular flexibility index (Phi) is 4.30. The second kappa shape index (κ2) is 5.31. The molecule has 2 atom stereocenters. The zero-order valence-corrected chi connectivity index (χ0v) is 7.63. The molecule has 0 aromatic carbocycles. The lowest BCUT2D eigenvalue weighted by Crippen LogP contribution is -2.05. The van der Waals surface area contributed by atoms with Crippen molar-refractivity contribution in [1.82, 2.24) is 0 Å². The van der Waals surface area contributed by atoms with Crippen LogP contribution in [-0.4, -0.2) is 17.4 Å². The summed E-state index contributed by atoms with van der Waals surface area (Å²) in [6, 6.07) is 0. The van der Waals surface area contributed by atoms with Crippen LogP contribution in [0.15, 0.2) is 0 Å². The fourth-order valence-electron chi connectivity index (χ4n) is 1.86. The fraction of sp³-hybridized carbons (Fsp3) is 0.900. The molecule has 1 aliphatic rings. The van der Waals surface area contributed by atoms with Gasteiger partial charge in [-0.3, -0.25) is 0 Å². The van der Waals surface area contributed by atoms with Gasteiger partial charge in [0.2, 0.25) is 0 Å². The summed E-state index contributed by atoms with van der Waals surface area (Å²) in [5, 5.41) is 16.6. The fourth-order valence-corrected chi connectivity index (χ4v) is 1.86. The third-order valence-electron chi connectivity index (χ3n) is 2.71. The summed E-state index contributed by atoms with van der Waals surface area (Å²) in [7, 11) is 0. The molecule has 0 aromatic heterocycles. The molecule has 1 aliphatic carbocycles. The van der Waals surface area contributed by atoms with E-state index >= 15 is 0 Å². The minimum Gasteiger partial charge on any atom is -0.393 e. The molecule has 0 aliphatic heterocycles. The molecule has 0 bridgehead atoms. The summed E-state index contributed by atoms with van der Waals surface area (Å²) in [5.74, 6) is 0.482. The van der Waals surface area contributed by atoms with Crippen molar-refractivity contribution < 1.29 is 5.11 Å². The minimum atomic E-state index is -0.0746. The largest absolute Gasteiger partial charge is 0.393 e. The quantitative estimate of drug-likeness (QED) is 0.581. The molecule has 12 heavy (non-hydrogen) atoms. The van der Waals surface area contributed by atoms with Crippen LogP contribution >= 0.6 is 0 Å². The summed E-state index contributed by atoms with van der Waals surface area (Å²) in [5.41, 5.74) is 0. The second-order valence-electron chi connectivity index (χ2n) is 3.80. The van der Waals surface area contributed by atoms with E-state index in [2.05, 4.69) is 0 Å². The van der Waals surface area contributed by atoms with Gasteiger partial charge >= 0.3 is 0 Å². The SMILES string of the molecule is N=CC1CCCCC(O)CCC1. The van der Waals surface area contributed by atoms with Crippen molar-refractivity contribution >= 4 is 6.21 Å². The van der Waals surface area contributed by atoms with E-state index in [1.807, 2.05) is 0 Å². The van der Waals surface area contributed by atoms with E-state index in [0.29, 0.717) is 5.92 Å². The van der Waals surface area contributed by atoms with Crippen molar-refractivity contribution in [3.8, 4) is 0 Å². The van der Waals surface area contributed by atoms with Gasteiger partial charge < -0.3 is 10.5 Å². The topological polar surface area (TPSA) is 44.1 Å². The van der Waals surface area contributed by atoms with E-state index in [1.54, 1.807) is 6.21 Å². The Hall–Kier alpha value is -0.370. The Labute approximate surface area is 74.5 Å². The smallest absolute Gasteiger partial charge is 0.0540 e. The molecule has 2 heteroatoms. The van der Waals surface area contributed by atoms with Crippen molar-refractivity contribution in [2.75, 3.05) is 0 Å². The molecule has 1 saturated carbocycles. The highest BCUT2D eigenvalue weighted by Gasteiger charge is 2.11. The van der Waals surface area contributed by atoms with Gasteiger partial charge in [0.1, 0.15) is 0 Å². The van der Waals surface area contributed by atoms with Crippen LogP contribution in [0.4, 0.5) is 0 Å². The van der Waals surface area contributed by atoms with Crippen LogP contribution in [0.25, 0.3) is 0 Å². The molecule has 70 valence electrons. The van der Waals surface area contributed by atoms with Gasteiger partial charge in [-0.2, -0.15) is 0 Å². The predicted octanol–water partition coefficient (Wildman–Crippen LogP) is 2.36. The monoisotopic (exact) mass is 169 g/mol. The van der Waals surface area contributed by atoms with E-state index in [9.17, 15) is 5.11 Å². The molecule has 0 aromatic rings. The lowest BCUT2D eigenvalue weighted by molar-refractivity contribution is 0.150. The van der Waals surface area contributed by atoms with Gasteiger partial charge in [0.05, 0.1) is 6.10 Å². The average molecular weight is 169 g/mol.